The monoisotopic (exact) mass is 373 g/mol. The van der Waals surface area contributed by atoms with Gasteiger partial charge in [0.25, 0.3) is 5.91 Å². The molecule has 0 unspecified atom stereocenters. The van der Waals surface area contributed by atoms with Crippen molar-refractivity contribution < 1.29 is 13.9 Å². The minimum atomic E-state index is -0.336. The van der Waals surface area contributed by atoms with E-state index in [0.29, 0.717) is 23.8 Å². The fourth-order valence-electron chi connectivity index (χ4n) is 2.57. The van der Waals surface area contributed by atoms with Crippen LogP contribution in [0.15, 0.2) is 48.0 Å². The molecule has 0 saturated carbocycles. The molecule has 0 atom stereocenters. The first-order valence-corrected chi connectivity index (χ1v) is 9.16. The van der Waals surface area contributed by atoms with Crippen molar-refractivity contribution in [1.29, 1.82) is 0 Å². The van der Waals surface area contributed by atoms with Crippen LogP contribution in [0.25, 0.3) is 0 Å². The summed E-state index contributed by atoms with van der Waals surface area (Å²) in [5.41, 5.74) is 1.88. The number of halogens is 1. The first kappa shape index (κ1) is 18.1. The van der Waals surface area contributed by atoms with E-state index in [9.17, 15) is 9.18 Å². The van der Waals surface area contributed by atoms with E-state index in [2.05, 4.69) is 5.10 Å². The summed E-state index contributed by atoms with van der Waals surface area (Å²) in [6.07, 6.45) is 1.74. The van der Waals surface area contributed by atoms with Crippen LogP contribution in [0.1, 0.15) is 27.9 Å². The molecule has 0 aliphatic carbocycles. The molecule has 2 aromatic heterocycles. The third-order valence-corrected chi connectivity index (χ3v) is 4.88. The average Bonchev–Trinajstić information content (AvgIpc) is 3.28. The predicted octanol–water partition coefficient (Wildman–Crippen LogP) is 3.95. The normalized spacial score (nSPS) is 10.7. The summed E-state index contributed by atoms with van der Waals surface area (Å²) in [4.78, 5) is 14.9. The molecule has 1 aromatic carbocycles. The summed E-state index contributed by atoms with van der Waals surface area (Å²) in [6.45, 7) is 3.58. The van der Waals surface area contributed by atoms with E-state index >= 15 is 0 Å². The Hall–Kier alpha value is -2.67. The zero-order valence-electron chi connectivity index (χ0n) is 14.7. The van der Waals surface area contributed by atoms with Crippen molar-refractivity contribution in [2.45, 2.75) is 26.6 Å². The van der Waals surface area contributed by atoms with Gasteiger partial charge in [-0.3, -0.25) is 9.48 Å². The molecule has 7 heteroatoms. The summed E-state index contributed by atoms with van der Waals surface area (Å²) in [5, 5.41) is 6.11. The SMILES string of the molecule is CCn1nccc1CN(C)C(=O)c1cc(COc2cccc(F)c2)cs1. The molecule has 0 N–H and O–H groups in total. The Labute approximate surface area is 155 Å². The molecular formula is C19H20FN3O2S. The number of carbonyl (C=O) groups excluding carboxylic acids is 1. The summed E-state index contributed by atoms with van der Waals surface area (Å²) in [7, 11) is 1.78. The van der Waals surface area contributed by atoms with E-state index in [0.717, 1.165) is 17.8 Å². The molecular weight excluding hydrogens is 353 g/mol. The Morgan fingerprint density at radius 1 is 1.35 bits per heavy atom. The van der Waals surface area contributed by atoms with E-state index in [4.69, 9.17) is 4.74 Å². The Bertz CT molecular complexity index is 890. The maximum atomic E-state index is 13.2. The smallest absolute Gasteiger partial charge is 0.264 e. The first-order chi connectivity index (χ1) is 12.6. The molecule has 1 amide bonds. The van der Waals surface area contributed by atoms with Gasteiger partial charge >= 0.3 is 0 Å². The average molecular weight is 373 g/mol. The summed E-state index contributed by atoms with van der Waals surface area (Å²) in [6, 6.07) is 9.74. The van der Waals surface area contributed by atoms with Gasteiger partial charge in [0.1, 0.15) is 18.2 Å². The van der Waals surface area contributed by atoms with Crippen molar-refractivity contribution in [3.8, 4) is 5.75 Å². The van der Waals surface area contributed by atoms with E-state index in [1.54, 1.807) is 30.3 Å². The maximum absolute atomic E-state index is 13.2. The minimum absolute atomic E-state index is 0.0455. The van der Waals surface area contributed by atoms with Crippen LogP contribution in [-0.4, -0.2) is 27.6 Å². The number of nitrogens with zero attached hydrogens (tertiary/aromatic N) is 3. The highest BCUT2D eigenvalue weighted by Gasteiger charge is 2.16. The van der Waals surface area contributed by atoms with Crippen molar-refractivity contribution in [2.24, 2.45) is 0 Å². The quantitative estimate of drug-likeness (QED) is 0.630. The molecule has 3 rings (SSSR count). The minimum Gasteiger partial charge on any atom is -0.489 e. The second kappa shape index (κ2) is 8.14. The van der Waals surface area contributed by atoms with Gasteiger partial charge in [-0.15, -0.1) is 11.3 Å². The number of amides is 1. The standard InChI is InChI=1S/C19H20FN3O2S/c1-3-23-16(7-8-21-23)11-22(2)19(24)18-9-14(13-26-18)12-25-17-6-4-5-15(20)10-17/h4-10,13H,3,11-12H2,1-2H3. The van der Waals surface area contributed by atoms with Crippen LogP contribution in [0.5, 0.6) is 5.75 Å². The number of aryl methyl sites for hydroxylation is 1. The number of thiophene rings is 1. The largest absolute Gasteiger partial charge is 0.489 e. The number of ether oxygens (including phenoxy) is 1. The van der Waals surface area contributed by atoms with Crippen LogP contribution in [0, 0.1) is 5.82 Å². The van der Waals surface area contributed by atoms with Crippen LogP contribution < -0.4 is 4.74 Å². The van der Waals surface area contributed by atoms with Crippen LogP contribution in [-0.2, 0) is 19.7 Å². The van der Waals surface area contributed by atoms with Gasteiger partial charge in [0.05, 0.1) is 17.1 Å². The van der Waals surface area contributed by atoms with Gasteiger partial charge in [0.15, 0.2) is 0 Å². The number of carbonyl (C=O) groups is 1. The Kier molecular flexibility index (Phi) is 5.68. The Morgan fingerprint density at radius 3 is 2.96 bits per heavy atom. The zero-order chi connectivity index (χ0) is 18.5. The van der Waals surface area contributed by atoms with Gasteiger partial charge in [0.2, 0.25) is 0 Å². The molecule has 0 saturated heterocycles. The van der Waals surface area contributed by atoms with Crippen molar-refractivity contribution in [1.82, 2.24) is 14.7 Å². The lowest BCUT2D eigenvalue weighted by molar-refractivity contribution is 0.0786. The van der Waals surface area contributed by atoms with Crippen molar-refractivity contribution in [2.75, 3.05) is 7.05 Å². The van der Waals surface area contributed by atoms with Gasteiger partial charge in [0, 0.05) is 31.4 Å². The zero-order valence-corrected chi connectivity index (χ0v) is 15.5. The topological polar surface area (TPSA) is 47.4 Å². The molecule has 0 spiro atoms. The summed E-state index contributed by atoms with van der Waals surface area (Å²) >= 11 is 1.38. The fraction of sp³-hybridized carbons (Fsp3) is 0.263. The first-order valence-electron chi connectivity index (χ1n) is 8.28. The van der Waals surface area contributed by atoms with Crippen LogP contribution in [0.4, 0.5) is 4.39 Å². The number of aromatic nitrogens is 2. The highest BCUT2D eigenvalue weighted by Crippen LogP contribution is 2.20. The van der Waals surface area contributed by atoms with Gasteiger partial charge < -0.3 is 9.64 Å². The lowest BCUT2D eigenvalue weighted by atomic mass is 10.3. The predicted molar refractivity (Wildman–Crippen MR) is 98.7 cm³/mol. The Balaban J connectivity index is 1.60. The third-order valence-electron chi connectivity index (χ3n) is 3.92. The lowest BCUT2D eigenvalue weighted by Crippen LogP contribution is -2.26. The van der Waals surface area contributed by atoms with Crippen molar-refractivity contribution in [3.63, 3.8) is 0 Å². The summed E-state index contributed by atoms with van der Waals surface area (Å²) in [5.74, 6) is 0.0847. The molecule has 26 heavy (non-hydrogen) atoms. The highest BCUT2D eigenvalue weighted by atomic mass is 32.1. The Morgan fingerprint density at radius 2 is 2.19 bits per heavy atom. The molecule has 0 radical (unpaired) electrons. The molecule has 0 bridgehead atoms. The number of rotatable bonds is 7. The molecule has 2 heterocycles. The second-order valence-electron chi connectivity index (χ2n) is 5.86. The van der Waals surface area contributed by atoms with Crippen molar-refractivity contribution >= 4 is 17.2 Å². The summed E-state index contributed by atoms with van der Waals surface area (Å²) < 4.78 is 20.6. The van der Waals surface area contributed by atoms with E-state index in [1.165, 1.54) is 23.5 Å². The van der Waals surface area contributed by atoms with Crippen LogP contribution >= 0.6 is 11.3 Å². The maximum Gasteiger partial charge on any atom is 0.264 e. The number of benzene rings is 1. The molecule has 136 valence electrons. The lowest BCUT2D eigenvalue weighted by Gasteiger charge is -2.16. The van der Waals surface area contributed by atoms with E-state index in [1.807, 2.05) is 29.1 Å². The molecule has 5 nitrogen and oxygen atoms in total. The van der Waals surface area contributed by atoms with Crippen LogP contribution in [0.3, 0.4) is 0 Å². The number of hydrogen-bond donors (Lipinski definition) is 0. The molecule has 0 aliphatic rings. The molecule has 0 aliphatic heterocycles. The van der Waals surface area contributed by atoms with Gasteiger partial charge in [-0.2, -0.15) is 5.10 Å². The molecule has 3 aromatic rings. The van der Waals surface area contributed by atoms with Gasteiger partial charge in [-0.1, -0.05) is 6.07 Å². The van der Waals surface area contributed by atoms with E-state index < -0.39 is 0 Å². The van der Waals surface area contributed by atoms with Crippen LogP contribution in [0.2, 0.25) is 0 Å². The number of hydrogen-bond acceptors (Lipinski definition) is 4. The highest BCUT2D eigenvalue weighted by molar-refractivity contribution is 7.12. The third kappa shape index (κ3) is 4.29. The second-order valence-corrected chi connectivity index (χ2v) is 6.78. The van der Waals surface area contributed by atoms with Gasteiger partial charge in [-0.05, 0) is 36.6 Å². The molecule has 0 fully saturated rings. The fourth-order valence-corrected chi connectivity index (χ4v) is 3.46. The van der Waals surface area contributed by atoms with E-state index in [-0.39, 0.29) is 11.7 Å². The van der Waals surface area contributed by atoms with Gasteiger partial charge in [-0.25, -0.2) is 4.39 Å². The van der Waals surface area contributed by atoms with Crippen molar-refractivity contribution in [3.05, 3.63) is 69.9 Å².